The predicted molar refractivity (Wildman–Crippen MR) is 78.2 cm³/mol. The molecular formula is C16H11ClFNO3. The summed E-state index contributed by atoms with van der Waals surface area (Å²) < 4.78 is 13.2. The minimum Gasteiger partial charge on any atom is -0.387 e. The standard InChI is InChI=1S/C16H11ClFNO3/c17-10-3-1-2-9(6-10)14(20)8-19-15(21)12-5-4-11(18)7-13(12)16(19)22/h1-7,14,20H,8H2. The molecule has 1 aliphatic rings. The van der Waals surface area contributed by atoms with Crippen LogP contribution in [0.5, 0.6) is 0 Å². The molecule has 112 valence electrons. The summed E-state index contributed by atoms with van der Waals surface area (Å²) in [4.78, 5) is 25.3. The first-order chi connectivity index (χ1) is 10.5. The third-order valence-electron chi connectivity index (χ3n) is 3.52. The molecule has 3 rings (SSSR count). The molecule has 1 atom stereocenters. The highest BCUT2D eigenvalue weighted by Gasteiger charge is 2.36. The van der Waals surface area contributed by atoms with Crippen molar-refractivity contribution >= 4 is 23.4 Å². The Hall–Kier alpha value is -2.24. The summed E-state index contributed by atoms with van der Waals surface area (Å²) in [7, 11) is 0. The van der Waals surface area contributed by atoms with Crippen molar-refractivity contribution in [2.24, 2.45) is 0 Å². The number of hydrogen-bond donors (Lipinski definition) is 1. The highest BCUT2D eigenvalue weighted by molar-refractivity contribution is 6.30. The number of nitrogens with zero attached hydrogens (tertiary/aromatic N) is 1. The fraction of sp³-hybridized carbons (Fsp3) is 0.125. The van der Waals surface area contributed by atoms with Crippen LogP contribution >= 0.6 is 11.6 Å². The molecule has 0 saturated carbocycles. The van der Waals surface area contributed by atoms with Crippen LogP contribution in [0.2, 0.25) is 5.02 Å². The Morgan fingerprint density at radius 2 is 1.82 bits per heavy atom. The third-order valence-corrected chi connectivity index (χ3v) is 3.76. The Labute approximate surface area is 130 Å². The fourth-order valence-corrected chi connectivity index (χ4v) is 2.62. The van der Waals surface area contributed by atoms with Crippen LogP contribution in [0.3, 0.4) is 0 Å². The number of carbonyl (C=O) groups excluding carboxylic acids is 2. The minimum absolute atomic E-state index is 0.0169. The molecule has 0 radical (unpaired) electrons. The minimum atomic E-state index is -1.06. The summed E-state index contributed by atoms with van der Waals surface area (Å²) in [5.74, 6) is -1.74. The maximum Gasteiger partial charge on any atom is 0.261 e. The lowest BCUT2D eigenvalue weighted by Crippen LogP contribution is -2.33. The number of carbonyl (C=O) groups is 2. The molecule has 1 aliphatic heterocycles. The molecule has 1 unspecified atom stereocenters. The van der Waals surface area contributed by atoms with Crippen molar-refractivity contribution in [3.05, 3.63) is 70.0 Å². The lowest BCUT2D eigenvalue weighted by Gasteiger charge is -2.18. The van der Waals surface area contributed by atoms with E-state index in [-0.39, 0.29) is 17.7 Å². The van der Waals surface area contributed by atoms with Gasteiger partial charge in [-0.25, -0.2) is 4.39 Å². The van der Waals surface area contributed by atoms with Crippen LogP contribution in [0.15, 0.2) is 42.5 Å². The molecule has 0 aliphatic carbocycles. The molecule has 1 N–H and O–H groups in total. The lowest BCUT2D eigenvalue weighted by atomic mass is 10.1. The Morgan fingerprint density at radius 1 is 1.09 bits per heavy atom. The number of rotatable bonds is 3. The van der Waals surface area contributed by atoms with Crippen molar-refractivity contribution in [1.29, 1.82) is 0 Å². The van der Waals surface area contributed by atoms with Gasteiger partial charge in [-0.1, -0.05) is 23.7 Å². The van der Waals surface area contributed by atoms with E-state index in [0.717, 1.165) is 17.0 Å². The van der Waals surface area contributed by atoms with Crippen molar-refractivity contribution in [3.8, 4) is 0 Å². The molecule has 6 heteroatoms. The normalized spacial score (nSPS) is 15.1. The zero-order chi connectivity index (χ0) is 15.9. The van der Waals surface area contributed by atoms with E-state index >= 15 is 0 Å². The molecule has 0 bridgehead atoms. The molecule has 22 heavy (non-hydrogen) atoms. The van der Waals surface area contributed by atoms with Gasteiger partial charge < -0.3 is 5.11 Å². The Balaban J connectivity index is 1.85. The maximum absolute atomic E-state index is 13.2. The second kappa shape index (κ2) is 5.51. The van der Waals surface area contributed by atoms with E-state index in [2.05, 4.69) is 0 Å². The third kappa shape index (κ3) is 2.49. The first-order valence-corrected chi connectivity index (χ1v) is 6.94. The van der Waals surface area contributed by atoms with Crippen LogP contribution in [-0.2, 0) is 0 Å². The van der Waals surface area contributed by atoms with E-state index in [0.29, 0.717) is 10.6 Å². The number of halogens is 2. The van der Waals surface area contributed by atoms with Crippen LogP contribution in [0.1, 0.15) is 32.4 Å². The van der Waals surface area contributed by atoms with E-state index in [1.807, 2.05) is 0 Å². The number of imide groups is 1. The van der Waals surface area contributed by atoms with Gasteiger partial charge in [-0.15, -0.1) is 0 Å². The molecule has 0 spiro atoms. The molecule has 2 aromatic carbocycles. The average molecular weight is 320 g/mol. The summed E-state index contributed by atoms with van der Waals surface area (Å²) in [6.45, 7) is -0.214. The number of benzene rings is 2. The molecule has 4 nitrogen and oxygen atoms in total. The summed E-state index contributed by atoms with van der Waals surface area (Å²) in [6, 6.07) is 9.96. The van der Waals surface area contributed by atoms with Crippen LogP contribution in [0.25, 0.3) is 0 Å². The van der Waals surface area contributed by atoms with E-state index in [4.69, 9.17) is 11.6 Å². The van der Waals surface area contributed by atoms with Crippen molar-refractivity contribution in [2.75, 3.05) is 6.54 Å². The summed E-state index contributed by atoms with van der Waals surface area (Å²) in [5.41, 5.74) is 0.656. The number of aliphatic hydroxyl groups is 1. The summed E-state index contributed by atoms with van der Waals surface area (Å²) in [6.07, 6.45) is -1.06. The predicted octanol–water partition coefficient (Wildman–Crippen LogP) is 2.81. The van der Waals surface area contributed by atoms with Gasteiger partial charge in [-0.05, 0) is 35.9 Å². The number of aliphatic hydroxyl groups excluding tert-OH is 1. The first-order valence-electron chi connectivity index (χ1n) is 6.56. The van der Waals surface area contributed by atoms with E-state index in [9.17, 15) is 19.1 Å². The van der Waals surface area contributed by atoms with Gasteiger partial charge in [-0.2, -0.15) is 0 Å². The second-order valence-electron chi connectivity index (χ2n) is 4.98. The van der Waals surface area contributed by atoms with Gasteiger partial charge in [0.05, 0.1) is 23.8 Å². The summed E-state index contributed by atoms with van der Waals surface area (Å²) in [5, 5.41) is 10.6. The Bertz CT molecular complexity index is 778. The molecule has 2 aromatic rings. The second-order valence-corrected chi connectivity index (χ2v) is 5.42. The van der Waals surface area contributed by atoms with Gasteiger partial charge >= 0.3 is 0 Å². The zero-order valence-corrected chi connectivity index (χ0v) is 12.0. The quantitative estimate of drug-likeness (QED) is 0.885. The lowest BCUT2D eigenvalue weighted by molar-refractivity contribution is 0.0543. The van der Waals surface area contributed by atoms with Crippen LogP contribution in [0.4, 0.5) is 4.39 Å². The van der Waals surface area contributed by atoms with Crippen LogP contribution < -0.4 is 0 Å². The van der Waals surface area contributed by atoms with Gasteiger partial charge in [-0.3, -0.25) is 14.5 Å². The maximum atomic E-state index is 13.2. The highest BCUT2D eigenvalue weighted by atomic mass is 35.5. The number of fused-ring (bicyclic) bond motifs is 1. The average Bonchev–Trinajstić information content (AvgIpc) is 2.72. The van der Waals surface area contributed by atoms with Crippen LogP contribution in [0, 0.1) is 5.82 Å². The smallest absolute Gasteiger partial charge is 0.261 e. The van der Waals surface area contributed by atoms with Gasteiger partial charge in [0.15, 0.2) is 0 Å². The number of hydrogen-bond acceptors (Lipinski definition) is 3. The van der Waals surface area contributed by atoms with Crippen molar-refractivity contribution in [3.63, 3.8) is 0 Å². The fourth-order valence-electron chi connectivity index (χ4n) is 2.42. The van der Waals surface area contributed by atoms with Crippen LogP contribution in [-0.4, -0.2) is 28.4 Å². The molecule has 2 amide bonds. The first kappa shape index (κ1) is 14.7. The van der Waals surface area contributed by atoms with Gasteiger partial charge in [0.2, 0.25) is 0 Å². The van der Waals surface area contributed by atoms with Crippen molar-refractivity contribution < 1.29 is 19.1 Å². The highest BCUT2D eigenvalue weighted by Crippen LogP contribution is 2.26. The monoisotopic (exact) mass is 319 g/mol. The largest absolute Gasteiger partial charge is 0.387 e. The van der Waals surface area contributed by atoms with Gasteiger partial charge in [0.25, 0.3) is 11.8 Å². The van der Waals surface area contributed by atoms with Gasteiger partial charge in [0.1, 0.15) is 5.82 Å². The number of amides is 2. The van der Waals surface area contributed by atoms with E-state index < -0.39 is 23.7 Å². The van der Waals surface area contributed by atoms with Crippen molar-refractivity contribution in [1.82, 2.24) is 4.90 Å². The topological polar surface area (TPSA) is 57.6 Å². The molecule has 0 fully saturated rings. The number of β-amino-alcohol motifs (C(OH)–C–C–N with tert-alkyl or cyclic N) is 1. The van der Waals surface area contributed by atoms with E-state index in [1.165, 1.54) is 6.07 Å². The molecule has 0 aromatic heterocycles. The van der Waals surface area contributed by atoms with Crippen molar-refractivity contribution in [2.45, 2.75) is 6.10 Å². The Kier molecular flexibility index (Phi) is 3.68. The zero-order valence-electron chi connectivity index (χ0n) is 11.3. The van der Waals surface area contributed by atoms with Gasteiger partial charge in [0, 0.05) is 5.02 Å². The SMILES string of the molecule is O=C1c2ccc(F)cc2C(=O)N1CC(O)c1cccc(Cl)c1. The molecule has 1 heterocycles. The Morgan fingerprint density at radius 3 is 2.55 bits per heavy atom. The van der Waals surface area contributed by atoms with E-state index in [1.54, 1.807) is 24.3 Å². The molecular weight excluding hydrogens is 309 g/mol. The molecule has 0 saturated heterocycles. The summed E-state index contributed by atoms with van der Waals surface area (Å²) >= 11 is 5.85.